The van der Waals surface area contributed by atoms with Gasteiger partial charge >= 0.3 is 0 Å². The van der Waals surface area contributed by atoms with E-state index in [2.05, 4.69) is 4.90 Å². The molecule has 162 valence electrons. The van der Waals surface area contributed by atoms with Gasteiger partial charge in [0.05, 0.1) is 18.8 Å². The third-order valence-electron chi connectivity index (χ3n) is 5.93. The first-order chi connectivity index (χ1) is 14.4. The minimum absolute atomic E-state index is 0.348. The van der Waals surface area contributed by atoms with Crippen molar-refractivity contribution in [3.63, 3.8) is 0 Å². The number of aliphatic hydroxyl groups excluding tert-OH is 1. The van der Waals surface area contributed by atoms with Gasteiger partial charge in [-0.25, -0.2) is 4.39 Å². The number of likely N-dealkylation sites (tertiary alicyclic amines) is 1. The van der Waals surface area contributed by atoms with Crippen molar-refractivity contribution in [3.8, 4) is 5.75 Å². The molecule has 1 saturated heterocycles. The van der Waals surface area contributed by atoms with Gasteiger partial charge in [0.25, 0.3) is 5.91 Å². The molecule has 1 atom stereocenters. The van der Waals surface area contributed by atoms with Gasteiger partial charge in [-0.15, -0.1) is 0 Å². The number of hydrogen-bond acceptors (Lipinski definition) is 5. The summed E-state index contributed by atoms with van der Waals surface area (Å²) in [4.78, 5) is 14.0. The molecule has 30 heavy (non-hydrogen) atoms. The Balaban J connectivity index is 1.52. The normalized spacial score (nSPS) is 16.4. The quantitative estimate of drug-likeness (QED) is 0.576. The topological polar surface area (TPSA) is 102 Å². The average Bonchev–Trinajstić information content (AvgIpc) is 2.74. The number of halogens is 1. The van der Waals surface area contributed by atoms with Crippen molar-refractivity contribution in [2.75, 3.05) is 32.5 Å². The van der Waals surface area contributed by atoms with E-state index >= 15 is 0 Å². The van der Waals surface area contributed by atoms with Gasteiger partial charge in [-0.05, 0) is 62.4 Å². The van der Waals surface area contributed by atoms with Crippen LogP contribution in [0.3, 0.4) is 0 Å². The molecule has 0 aliphatic carbocycles. The molecule has 0 radical (unpaired) electrons. The Bertz CT molecular complexity index is 882. The van der Waals surface area contributed by atoms with Crippen LogP contribution < -0.4 is 16.2 Å². The molecular formula is C23H30FN3O3. The minimum atomic E-state index is -0.796. The molecule has 1 heterocycles. The molecule has 1 aliphatic heterocycles. The second kappa shape index (κ2) is 9.91. The molecule has 6 nitrogen and oxygen atoms in total. The van der Waals surface area contributed by atoms with Gasteiger partial charge in [0.15, 0.2) is 0 Å². The van der Waals surface area contributed by atoms with Crippen molar-refractivity contribution < 1.29 is 19.0 Å². The van der Waals surface area contributed by atoms with E-state index in [1.54, 1.807) is 30.3 Å². The number of nitrogen functional groups attached to an aromatic ring is 1. The van der Waals surface area contributed by atoms with E-state index < -0.39 is 12.0 Å². The standard InChI is InChI=1S/C23H30FN3O3/c1-30-22-14-20(25)16(13-18(22)23(26)29)12-15-6-9-27(10-7-15)11-8-21(28)17-4-2-3-5-19(17)24/h2-5,13-15,21,28H,6-12,25H2,1H3,(H2,26,29). The summed E-state index contributed by atoms with van der Waals surface area (Å²) in [5, 5.41) is 10.3. The van der Waals surface area contributed by atoms with Crippen LogP contribution in [0.4, 0.5) is 10.1 Å². The number of benzene rings is 2. The lowest BCUT2D eigenvalue weighted by molar-refractivity contribution is 0.0997. The molecule has 2 aromatic carbocycles. The smallest absolute Gasteiger partial charge is 0.252 e. The molecular weight excluding hydrogens is 385 g/mol. The van der Waals surface area contributed by atoms with Gasteiger partial charge in [-0.1, -0.05) is 18.2 Å². The summed E-state index contributed by atoms with van der Waals surface area (Å²) < 4.78 is 19.0. The predicted octanol–water partition coefficient (Wildman–Crippen LogP) is 2.89. The van der Waals surface area contributed by atoms with Crippen molar-refractivity contribution in [2.45, 2.75) is 31.8 Å². The summed E-state index contributed by atoms with van der Waals surface area (Å²) in [7, 11) is 1.49. The summed E-state index contributed by atoms with van der Waals surface area (Å²) in [5.74, 6) is -0.0476. The maximum absolute atomic E-state index is 13.8. The first-order valence-corrected chi connectivity index (χ1v) is 10.3. The number of hydrogen-bond donors (Lipinski definition) is 3. The molecule has 0 spiro atoms. The van der Waals surface area contributed by atoms with Crippen molar-refractivity contribution in [3.05, 3.63) is 58.9 Å². The number of carbonyl (C=O) groups excluding carboxylic acids is 1. The molecule has 2 aromatic rings. The number of anilines is 1. The van der Waals surface area contributed by atoms with E-state index in [1.165, 1.54) is 13.2 Å². The minimum Gasteiger partial charge on any atom is -0.496 e. The zero-order chi connectivity index (χ0) is 21.7. The van der Waals surface area contributed by atoms with Crippen LogP contribution in [-0.2, 0) is 6.42 Å². The van der Waals surface area contributed by atoms with Crippen molar-refractivity contribution in [2.24, 2.45) is 11.7 Å². The highest BCUT2D eigenvalue weighted by Gasteiger charge is 2.22. The van der Waals surface area contributed by atoms with Gasteiger partial charge in [0, 0.05) is 23.9 Å². The van der Waals surface area contributed by atoms with Gasteiger partial charge in [-0.3, -0.25) is 4.79 Å². The summed E-state index contributed by atoms with van der Waals surface area (Å²) in [5.41, 5.74) is 13.8. The number of nitrogens with zero attached hydrogens (tertiary/aromatic N) is 1. The van der Waals surface area contributed by atoms with Crippen LogP contribution >= 0.6 is 0 Å². The van der Waals surface area contributed by atoms with Crippen LogP contribution in [0.2, 0.25) is 0 Å². The van der Waals surface area contributed by atoms with Crippen LogP contribution in [0, 0.1) is 11.7 Å². The summed E-state index contributed by atoms with van der Waals surface area (Å²) >= 11 is 0. The van der Waals surface area contributed by atoms with E-state index in [1.807, 2.05) is 0 Å². The van der Waals surface area contributed by atoms with Crippen molar-refractivity contribution in [1.29, 1.82) is 0 Å². The number of rotatable bonds is 8. The van der Waals surface area contributed by atoms with Crippen molar-refractivity contribution in [1.82, 2.24) is 4.90 Å². The number of carbonyl (C=O) groups is 1. The number of piperidine rings is 1. The highest BCUT2D eigenvalue weighted by molar-refractivity contribution is 5.96. The van der Waals surface area contributed by atoms with Crippen molar-refractivity contribution >= 4 is 11.6 Å². The molecule has 1 amide bonds. The number of nitrogens with two attached hydrogens (primary N) is 2. The Morgan fingerprint density at radius 3 is 2.63 bits per heavy atom. The fourth-order valence-corrected chi connectivity index (χ4v) is 4.11. The highest BCUT2D eigenvalue weighted by Crippen LogP contribution is 2.30. The Morgan fingerprint density at radius 2 is 2.00 bits per heavy atom. The third-order valence-corrected chi connectivity index (χ3v) is 5.93. The first kappa shape index (κ1) is 22.1. The van der Waals surface area contributed by atoms with E-state index in [0.29, 0.717) is 34.9 Å². The molecule has 0 bridgehead atoms. The molecule has 3 rings (SSSR count). The monoisotopic (exact) mass is 415 g/mol. The lowest BCUT2D eigenvalue weighted by atomic mass is 9.88. The number of ether oxygens (including phenoxy) is 1. The zero-order valence-corrected chi connectivity index (χ0v) is 17.3. The third kappa shape index (κ3) is 5.29. The van der Waals surface area contributed by atoms with Gasteiger partial charge in [0.1, 0.15) is 11.6 Å². The summed E-state index contributed by atoms with van der Waals surface area (Å²) in [6.07, 6.45) is 2.47. The van der Waals surface area contributed by atoms with Gasteiger partial charge < -0.3 is 26.2 Å². The molecule has 0 aromatic heterocycles. The summed E-state index contributed by atoms with van der Waals surface area (Å²) in [6.45, 7) is 2.54. The lowest BCUT2D eigenvalue weighted by Crippen LogP contribution is -2.35. The summed E-state index contributed by atoms with van der Waals surface area (Å²) in [6, 6.07) is 9.77. The van der Waals surface area contributed by atoms with E-state index in [4.69, 9.17) is 16.2 Å². The number of amides is 1. The fourth-order valence-electron chi connectivity index (χ4n) is 4.11. The predicted molar refractivity (Wildman–Crippen MR) is 115 cm³/mol. The van der Waals surface area contributed by atoms with Crippen LogP contribution in [0.1, 0.15) is 46.9 Å². The van der Waals surface area contributed by atoms with E-state index in [9.17, 15) is 14.3 Å². The Labute approximate surface area is 176 Å². The largest absolute Gasteiger partial charge is 0.496 e. The second-order valence-corrected chi connectivity index (χ2v) is 7.93. The maximum Gasteiger partial charge on any atom is 0.252 e. The maximum atomic E-state index is 13.8. The SMILES string of the molecule is COc1cc(N)c(CC2CCN(CCC(O)c3ccccc3F)CC2)cc1C(N)=O. The zero-order valence-electron chi connectivity index (χ0n) is 17.3. The fraction of sp³-hybridized carbons (Fsp3) is 0.435. The van der Waals surface area contributed by atoms with Crippen LogP contribution in [0.15, 0.2) is 36.4 Å². The van der Waals surface area contributed by atoms with Crippen LogP contribution in [0.5, 0.6) is 5.75 Å². The van der Waals surface area contributed by atoms with Gasteiger partial charge in [0.2, 0.25) is 0 Å². The second-order valence-electron chi connectivity index (χ2n) is 7.93. The highest BCUT2D eigenvalue weighted by atomic mass is 19.1. The van der Waals surface area contributed by atoms with Crippen LogP contribution in [-0.4, -0.2) is 42.7 Å². The first-order valence-electron chi connectivity index (χ1n) is 10.3. The Hall–Kier alpha value is -2.64. The number of methoxy groups -OCH3 is 1. The molecule has 0 saturated carbocycles. The number of aliphatic hydroxyl groups is 1. The number of primary amides is 1. The molecule has 1 unspecified atom stereocenters. The molecule has 7 heteroatoms. The Morgan fingerprint density at radius 1 is 1.30 bits per heavy atom. The van der Waals surface area contributed by atoms with Crippen LogP contribution in [0.25, 0.3) is 0 Å². The average molecular weight is 416 g/mol. The van der Waals surface area contributed by atoms with Gasteiger partial charge in [-0.2, -0.15) is 0 Å². The Kier molecular flexibility index (Phi) is 7.29. The lowest BCUT2D eigenvalue weighted by Gasteiger charge is -2.32. The molecule has 1 fully saturated rings. The molecule has 1 aliphatic rings. The van der Waals surface area contributed by atoms with E-state index in [0.717, 1.165) is 44.5 Å². The molecule has 5 N–H and O–H groups in total. The van der Waals surface area contributed by atoms with E-state index in [-0.39, 0.29) is 5.82 Å².